The molecule has 0 rings (SSSR count). The first-order valence-electron chi connectivity index (χ1n) is 5.89. The minimum absolute atomic E-state index is 0.111. The van der Waals surface area contributed by atoms with Crippen LogP contribution in [0.1, 0.15) is 26.7 Å². The Bertz CT molecular complexity index is 170. The normalized spacial score (nSPS) is 12.7. The first kappa shape index (κ1) is 15.6. The Balaban J connectivity index is 3.17. The highest BCUT2D eigenvalue weighted by atomic mass is 16.5. The van der Waals surface area contributed by atoms with Gasteiger partial charge in [0.15, 0.2) is 0 Å². The molecule has 0 saturated carbocycles. The summed E-state index contributed by atoms with van der Waals surface area (Å²) in [6.45, 7) is 6.84. The number of ketones is 1. The quantitative estimate of drug-likeness (QED) is 0.508. The summed E-state index contributed by atoms with van der Waals surface area (Å²) in [5, 5.41) is 0. The van der Waals surface area contributed by atoms with Crippen LogP contribution in [-0.2, 0) is 19.0 Å². The van der Waals surface area contributed by atoms with Gasteiger partial charge in [0.25, 0.3) is 0 Å². The zero-order valence-corrected chi connectivity index (χ0v) is 10.7. The Morgan fingerprint density at radius 2 is 1.62 bits per heavy atom. The molecule has 0 fully saturated rings. The van der Waals surface area contributed by atoms with Crippen molar-refractivity contribution in [2.45, 2.75) is 26.7 Å². The van der Waals surface area contributed by atoms with Gasteiger partial charge in [-0.2, -0.15) is 0 Å². The molecule has 0 spiro atoms. The average molecular weight is 232 g/mol. The third-order valence-corrected chi connectivity index (χ3v) is 2.40. The summed E-state index contributed by atoms with van der Waals surface area (Å²) in [7, 11) is 1.64. The number of ether oxygens (including phenoxy) is 3. The van der Waals surface area contributed by atoms with Crippen molar-refractivity contribution in [3.05, 3.63) is 0 Å². The Morgan fingerprint density at radius 1 is 1.06 bits per heavy atom. The predicted molar refractivity (Wildman–Crippen MR) is 62.6 cm³/mol. The molecule has 0 heterocycles. The summed E-state index contributed by atoms with van der Waals surface area (Å²) in [5.74, 6) is 0.416. The van der Waals surface area contributed by atoms with Crippen molar-refractivity contribution in [1.82, 2.24) is 0 Å². The van der Waals surface area contributed by atoms with Crippen molar-refractivity contribution in [2.24, 2.45) is 5.92 Å². The van der Waals surface area contributed by atoms with Gasteiger partial charge in [-0.3, -0.25) is 4.79 Å². The number of hydrogen-bond donors (Lipinski definition) is 0. The molecule has 0 bridgehead atoms. The second kappa shape index (κ2) is 11.0. The van der Waals surface area contributed by atoms with Crippen molar-refractivity contribution in [3.8, 4) is 0 Å². The van der Waals surface area contributed by atoms with Crippen LogP contribution in [0.4, 0.5) is 0 Å². The van der Waals surface area contributed by atoms with Gasteiger partial charge in [-0.25, -0.2) is 0 Å². The molecule has 1 unspecified atom stereocenters. The molecule has 0 aliphatic rings. The van der Waals surface area contributed by atoms with E-state index in [9.17, 15) is 4.79 Å². The SMILES string of the molecule is CCC(=O)C(C)CCOCCOCCOC. The molecule has 4 nitrogen and oxygen atoms in total. The number of methoxy groups -OCH3 is 1. The number of carbonyl (C=O) groups excluding carboxylic acids is 1. The minimum Gasteiger partial charge on any atom is -0.382 e. The second-order valence-corrected chi connectivity index (χ2v) is 3.73. The Labute approximate surface area is 98.3 Å². The van der Waals surface area contributed by atoms with Crippen LogP contribution in [0.5, 0.6) is 0 Å². The van der Waals surface area contributed by atoms with Gasteiger partial charge < -0.3 is 14.2 Å². The summed E-state index contributed by atoms with van der Waals surface area (Å²) in [5.41, 5.74) is 0. The predicted octanol–water partition coefficient (Wildman–Crippen LogP) is 1.67. The lowest BCUT2D eigenvalue weighted by atomic mass is 10.0. The lowest BCUT2D eigenvalue weighted by Gasteiger charge is -2.09. The fraction of sp³-hybridized carbons (Fsp3) is 0.917. The summed E-state index contributed by atoms with van der Waals surface area (Å²) in [6, 6.07) is 0. The van der Waals surface area contributed by atoms with E-state index in [2.05, 4.69) is 0 Å². The molecule has 96 valence electrons. The fourth-order valence-electron chi connectivity index (χ4n) is 1.23. The first-order valence-corrected chi connectivity index (χ1v) is 5.89. The van der Waals surface area contributed by atoms with Gasteiger partial charge in [0.1, 0.15) is 5.78 Å². The number of Topliss-reactive ketones (excluding diaryl/α,β-unsaturated/α-hetero) is 1. The third kappa shape index (κ3) is 8.83. The van der Waals surface area contributed by atoms with Crippen LogP contribution < -0.4 is 0 Å². The molecular weight excluding hydrogens is 208 g/mol. The molecule has 0 aromatic heterocycles. The van der Waals surface area contributed by atoms with E-state index >= 15 is 0 Å². The van der Waals surface area contributed by atoms with Crippen LogP contribution in [0.3, 0.4) is 0 Å². The molecular formula is C12H24O4. The van der Waals surface area contributed by atoms with Gasteiger partial charge in [-0.1, -0.05) is 13.8 Å². The fourth-order valence-corrected chi connectivity index (χ4v) is 1.23. The Morgan fingerprint density at radius 3 is 2.19 bits per heavy atom. The van der Waals surface area contributed by atoms with Crippen LogP contribution in [0, 0.1) is 5.92 Å². The molecule has 16 heavy (non-hydrogen) atoms. The molecule has 0 saturated heterocycles. The molecule has 0 N–H and O–H groups in total. The van der Waals surface area contributed by atoms with Gasteiger partial charge >= 0.3 is 0 Å². The van der Waals surface area contributed by atoms with E-state index in [0.717, 1.165) is 6.42 Å². The van der Waals surface area contributed by atoms with Crippen molar-refractivity contribution >= 4 is 5.78 Å². The molecule has 0 aliphatic carbocycles. The van der Waals surface area contributed by atoms with E-state index < -0.39 is 0 Å². The number of hydrogen-bond acceptors (Lipinski definition) is 4. The monoisotopic (exact) mass is 232 g/mol. The number of rotatable bonds is 11. The van der Waals surface area contributed by atoms with E-state index in [4.69, 9.17) is 14.2 Å². The van der Waals surface area contributed by atoms with Gasteiger partial charge in [0.05, 0.1) is 26.4 Å². The lowest BCUT2D eigenvalue weighted by Crippen LogP contribution is -2.14. The lowest BCUT2D eigenvalue weighted by molar-refractivity contribution is -0.122. The molecule has 0 radical (unpaired) electrons. The zero-order valence-electron chi connectivity index (χ0n) is 10.7. The highest BCUT2D eigenvalue weighted by molar-refractivity contribution is 5.80. The molecule has 4 heteroatoms. The van der Waals surface area contributed by atoms with Gasteiger partial charge in [-0.05, 0) is 6.42 Å². The second-order valence-electron chi connectivity index (χ2n) is 3.73. The highest BCUT2D eigenvalue weighted by Gasteiger charge is 2.09. The molecule has 0 aromatic rings. The van der Waals surface area contributed by atoms with Crippen LogP contribution in [0.15, 0.2) is 0 Å². The van der Waals surface area contributed by atoms with E-state index in [-0.39, 0.29) is 5.92 Å². The topological polar surface area (TPSA) is 44.8 Å². The van der Waals surface area contributed by atoms with Crippen LogP contribution in [-0.4, -0.2) is 45.9 Å². The minimum atomic E-state index is 0.111. The highest BCUT2D eigenvalue weighted by Crippen LogP contribution is 2.05. The number of carbonyl (C=O) groups is 1. The van der Waals surface area contributed by atoms with Crippen molar-refractivity contribution in [1.29, 1.82) is 0 Å². The first-order chi connectivity index (χ1) is 7.72. The average Bonchev–Trinajstić information content (AvgIpc) is 2.31. The summed E-state index contributed by atoms with van der Waals surface area (Å²) in [6.07, 6.45) is 1.41. The van der Waals surface area contributed by atoms with E-state index in [0.29, 0.717) is 45.2 Å². The van der Waals surface area contributed by atoms with Gasteiger partial charge in [0.2, 0.25) is 0 Å². The van der Waals surface area contributed by atoms with Crippen molar-refractivity contribution < 1.29 is 19.0 Å². The largest absolute Gasteiger partial charge is 0.382 e. The van der Waals surface area contributed by atoms with E-state index in [1.54, 1.807) is 7.11 Å². The summed E-state index contributed by atoms with van der Waals surface area (Å²) >= 11 is 0. The zero-order chi connectivity index (χ0) is 12.2. The maximum atomic E-state index is 11.3. The Kier molecular flexibility index (Phi) is 10.7. The molecule has 0 aliphatic heterocycles. The molecule has 0 aromatic carbocycles. The van der Waals surface area contributed by atoms with Crippen LogP contribution in [0.25, 0.3) is 0 Å². The van der Waals surface area contributed by atoms with E-state index in [1.165, 1.54) is 0 Å². The molecule has 1 atom stereocenters. The van der Waals surface area contributed by atoms with Crippen molar-refractivity contribution in [2.75, 3.05) is 40.1 Å². The van der Waals surface area contributed by atoms with Crippen LogP contribution in [0.2, 0.25) is 0 Å². The van der Waals surface area contributed by atoms with Crippen molar-refractivity contribution in [3.63, 3.8) is 0 Å². The third-order valence-electron chi connectivity index (χ3n) is 2.40. The van der Waals surface area contributed by atoms with E-state index in [1.807, 2.05) is 13.8 Å². The maximum Gasteiger partial charge on any atom is 0.135 e. The van der Waals surface area contributed by atoms with Gasteiger partial charge in [0, 0.05) is 26.1 Å². The summed E-state index contributed by atoms with van der Waals surface area (Å²) in [4.78, 5) is 11.3. The molecule has 0 amide bonds. The summed E-state index contributed by atoms with van der Waals surface area (Å²) < 4.78 is 15.4. The van der Waals surface area contributed by atoms with Crippen LogP contribution >= 0.6 is 0 Å². The maximum absolute atomic E-state index is 11.3. The standard InChI is InChI=1S/C12H24O4/c1-4-12(13)11(2)5-6-15-9-10-16-8-7-14-3/h11H,4-10H2,1-3H3. The van der Waals surface area contributed by atoms with Gasteiger partial charge in [-0.15, -0.1) is 0 Å². The Hall–Kier alpha value is -0.450. The smallest absolute Gasteiger partial charge is 0.135 e.